The number of ether oxygens (including phenoxy) is 1. The third-order valence-electron chi connectivity index (χ3n) is 6.30. The van der Waals surface area contributed by atoms with Gasteiger partial charge in [-0.1, -0.05) is 122 Å². The summed E-state index contributed by atoms with van der Waals surface area (Å²) in [6.07, 6.45) is 26.2. The van der Waals surface area contributed by atoms with Crippen molar-refractivity contribution in [2.24, 2.45) is 0 Å². The first-order valence-electron chi connectivity index (χ1n) is 14.2. The van der Waals surface area contributed by atoms with Gasteiger partial charge in [-0.05, 0) is 19.9 Å². The summed E-state index contributed by atoms with van der Waals surface area (Å²) in [5.41, 5.74) is 0. The predicted octanol–water partition coefficient (Wildman–Crippen LogP) is 7.82. The third-order valence-corrected chi connectivity index (χ3v) is 7.08. The SMILES string of the molecule is CCCCCCCCCCCCCCCCCCCCCC(COP(O)OCCNC)OC=O. The number of nitrogens with one attached hydrogen (secondary N) is 1. The third kappa shape index (κ3) is 26.3. The molecule has 0 rings (SSSR count). The van der Waals surface area contributed by atoms with E-state index in [1.807, 2.05) is 7.05 Å². The zero-order chi connectivity index (χ0) is 25.0. The topological polar surface area (TPSA) is 77.0 Å². The molecule has 6 nitrogen and oxygen atoms in total. The van der Waals surface area contributed by atoms with Gasteiger partial charge in [0.2, 0.25) is 0 Å². The Morgan fingerprint density at radius 1 is 0.735 bits per heavy atom. The smallest absolute Gasteiger partial charge is 0.330 e. The molecule has 0 aliphatic carbocycles. The van der Waals surface area contributed by atoms with Gasteiger partial charge in [0.05, 0.1) is 13.2 Å². The molecule has 0 aromatic heterocycles. The van der Waals surface area contributed by atoms with E-state index in [4.69, 9.17) is 13.8 Å². The number of carbonyl (C=O) groups is 1. The molecule has 0 aliphatic heterocycles. The summed E-state index contributed by atoms with van der Waals surface area (Å²) in [6, 6.07) is 0. The van der Waals surface area contributed by atoms with Crippen molar-refractivity contribution in [3.8, 4) is 0 Å². The molecular formula is C27H56NO5P. The summed E-state index contributed by atoms with van der Waals surface area (Å²) in [5, 5.41) is 2.93. The van der Waals surface area contributed by atoms with Crippen LogP contribution in [0, 0.1) is 0 Å². The number of rotatable bonds is 29. The van der Waals surface area contributed by atoms with Crippen LogP contribution >= 0.6 is 8.60 Å². The number of likely N-dealkylation sites (N-methyl/N-ethyl adjacent to an activating group) is 1. The van der Waals surface area contributed by atoms with E-state index < -0.39 is 8.60 Å². The highest BCUT2D eigenvalue weighted by molar-refractivity contribution is 7.40. The van der Waals surface area contributed by atoms with Crippen LogP contribution in [0.4, 0.5) is 0 Å². The highest BCUT2D eigenvalue weighted by Gasteiger charge is 2.14. The van der Waals surface area contributed by atoms with E-state index in [0.29, 0.717) is 19.6 Å². The molecule has 0 amide bonds. The van der Waals surface area contributed by atoms with Gasteiger partial charge in [0.1, 0.15) is 6.10 Å². The maximum absolute atomic E-state index is 10.7. The molecule has 2 atom stereocenters. The molecular weight excluding hydrogens is 449 g/mol. The summed E-state index contributed by atoms with van der Waals surface area (Å²) in [4.78, 5) is 20.4. The van der Waals surface area contributed by atoms with Crippen molar-refractivity contribution in [2.75, 3.05) is 26.8 Å². The van der Waals surface area contributed by atoms with Gasteiger partial charge in [0, 0.05) is 6.54 Å². The van der Waals surface area contributed by atoms with E-state index in [1.54, 1.807) is 0 Å². The van der Waals surface area contributed by atoms with E-state index >= 15 is 0 Å². The average molecular weight is 506 g/mol. The van der Waals surface area contributed by atoms with Crippen LogP contribution in [0.3, 0.4) is 0 Å². The Labute approximate surface area is 212 Å². The number of carbonyl (C=O) groups excluding carboxylic acids is 1. The summed E-state index contributed by atoms with van der Waals surface area (Å²) < 4.78 is 15.5. The molecule has 0 radical (unpaired) electrons. The number of hydrogen-bond donors (Lipinski definition) is 2. The minimum Gasteiger partial charge on any atom is -0.462 e. The van der Waals surface area contributed by atoms with Crippen molar-refractivity contribution in [1.82, 2.24) is 5.32 Å². The van der Waals surface area contributed by atoms with Crippen molar-refractivity contribution < 1.29 is 23.5 Å². The lowest BCUT2D eigenvalue weighted by molar-refractivity contribution is -0.135. The lowest BCUT2D eigenvalue weighted by Crippen LogP contribution is -2.19. The highest BCUT2D eigenvalue weighted by Crippen LogP contribution is 2.32. The van der Waals surface area contributed by atoms with Crippen LogP contribution in [0.5, 0.6) is 0 Å². The second kappa shape index (κ2) is 29.0. The van der Waals surface area contributed by atoms with E-state index in [2.05, 4.69) is 12.2 Å². The van der Waals surface area contributed by atoms with Gasteiger partial charge in [-0.15, -0.1) is 0 Å². The normalized spacial score (nSPS) is 13.1. The fourth-order valence-electron chi connectivity index (χ4n) is 4.13. The van der Waals surface area contributed by atoms with Crippen molar-refractivity contribution in [1.29, 1.82) is 0 Å². The monoisotopic (exact) mass is 505 g/mol. The van der Waals surface area contributed by atoms with Crippen LogP contribution in [0.1, 0.15) is 135 Å². The van der Waals surface area contributed by atoms with Gasteiger partial charge in [-0.25, -0.2) is 0 Å². The summed E-state index contributed by atoms with van der Waals surface area (Å²) in [7, 11) is -0.0954. The van der Waals surface area contributed by atoms with Gasteiger partial charge in [-0.2, -0.15) is 0 Å². The molecule has 2 unspecified atom stereocenters. The van der Waals surface area contributed by atoms with Crippen LogP contribution < -0.4 is 5.32 Å². The summed E-state index contributed by atoms with van der Waals surface area (Å²) in [6.45, 7) is 3.96. The maximum atomic E-state index is 10.7. The molecule has 34 heavy (non-hydrogen) atoms. The first-order chi connectivity index (χ1) is 16.7. The molecule has 0 aliphatic rings. The molecule has 7 heteroatoms. The molecule has 0 saturated heterocycles. The van der Waals surface area contributed by atoms with E-state index in [9.17, 15) is 9.69 Å². The molecule has 0 heterocycles. The molecule has 2 N–H and O–H groups in total. The maximum Gasteiger partial charge on any atom is 0.330 e. The Bertz CT molecular complexity index is 403. The van der Waals surface area contributed by atoms with E-state index in [1.165, 1.54) is 109 Å². The first-order valence-corrected chi connectivity index (χ1v) is 15.4. The van der Waals surface area contributed by atoms with Gasteiger partial charge >= 0.3 is 8.60 Å². The fraction of sp³-hybridized carbons (Fsp3) is 0.963. The van der Waals surface area contributed by atoms with Crippen LogP contribution in [0.25, 0.3) is 0 Å². The van der Waals surface area contributed by atoms with Crippen molar-refractivity contribution >= 4 is 15.1 Å². The number of hydrogen-bond acceptors (Lipinski definition) is 6. The van der Waals surface area contributed by atoms with Gasteiger partial charge < -0.3 is 24.0 Å². The Morgan fingerprint density at radius 3 is 1.59 bits per heavy atom. The van der Waals surface area contributed by atoms with Crippen molar-refractivity contribution in [3.05, 3.63) is 0 Å². The van der Waals surface area contributed by atoms with Crippen molar-refractivity contribution in [2.45, 2.75) is 141 Å². The van der Waals surface area contributed by atoms with Gasteiger partial charge in [0.15, 0.2) is 0 Å². The predicted molar refractivity (Wildman–Crippen MR) is 144 cm³/mol. The quantitative estimate of drug-likeness (QED) is 0.0613. The first kappa shape index (κ1) is 33.7. The Morgan fingerprint density at radius 2 is 1.18 bits per heavy atom. The molecule has 0 aromatic carbocycles. The summed E-state index contributed by atoms with van der Waals surface area (Å²) in [5.74, 6) is 0. The lowest BCUT2D eigenvalue weighted by atomic mass is 10.0. The second-order valence-corrected chi connectivity index (χ2v) is 10.5. The zero-order valence-corrected chi connectivity index (χ0v) is 23.3. The minimum atomic E-state index is -1.91. The fourth-order valence-corrected chi connectivity index (χ4v) is 4.75. The van der Waals surface area contributed by atoms with Crippen LogP contribution in [0.2, 0.25) is 0 Å². The largest absolute Gasteiger partial charge is 0.462 e. The van der Waals surface area contributed by atoms with Crippen molar-refractivity contribution in [3.63, 3.8) is 0 Å². The molecule has 0 bridgehead atoms. The Hall–Kier alpha value is -0.260. The minimum absolute atomic E-state index is 0.180. The molecule has 0 spiro atoms. The number of unbranched alkanes of at least 4 members (excludes halogenated alkanes) is 18. The molecule has 0 fully saturated rings. The average Bonchev–Trinajstić information content (AvgIpc) is 2.84. The Balaban J connectivity index is 3.37. The van der Waals surface area contributed by atoms with Gasteiger partial charge in [0.25, 0.3) is 6.47 Å². The van der Waals surface area contributed by atoms with Gasteiger partial charge in [-0.3, -0.25) is 4.79 Å². The Kier molecular flexibility index (Phi) is 28.8. The molecule has 0 saturated carbocycles. The van der Waals surface area contributed by atoms with Crippen LogP contribution in [-0.2, 0) is 18.6 Å². The second-order valence-electron chi connectivity index (χ2n) is 9.48. The zero-order valence-electron chi connectivity index (χ0n) is 22.4. The van der Waals surface area contributed by atoms with Crippen LogP contribution in [0.15, 0.2) is 0 Å². The van der Waals surface area contributed by atoms with E-state index in [0.717, 1.165) is 19.3 Å². The molecule has 0 aromatic rings. The van der Waals surface area contributed by atoms with E-state index in [-0.39, 0.29) is 12.7 Å². The lowest BCUT2D eigenvalue weighted by Gasteiger charge is -2.17. The summed E-state index contributed by atoms with van der Waals surface area (Å²) >= 11 is 0. The van der Waals surface area contributed by atoms with Crippen LogP contribution in [-0.4, -0.2) is 44.3 Å². The highest BCUT2D eigenvalue weighted by atomic mass is 31.2. The molecule has 204 valence electrons. The standard InChI is InChI=1S/C27H56NO5P/c1-3-4-5-6-7-8-9-10-11-12-13-14-15-16-17-18-19-20-21-22-27(31-26-29)25-33-34(30)32-24-23-28-2/h26-28,30H,3-25H2,1-2H3.